The molecule has 0 aromatic heterocycles. The molecule has 0 aromatic rings. The third-order valence-corrected chi connectivity index (χ3v) is 1.91. The number of hydrogen-bond donors (Lipinski definition) is 1. The monoisotopic (exact) mass is 153 g/mol. The minimum Gasteiger partial charge on any atom is -0.314 e. The van der Waals surface area contributed by atoms with Gasteiger partial charge in [0.15, 0.2) is 0 Å². The predicted molar refractivity (Wildman–Crippen MR) is 36.8 cm³/mol. The molecular formula is C5H9Cl2N. The van der Waals surface area contributed by atoms with Crippen molar-refractivity contribution in [2.24, 2.45) is 0 Å². The summed E-state index contributed by atoms with van der Waals surface area (Å²) in [7, 11) is 0. The van der Waals surface area contributed by atoms with E-state index < -0.39 is 0 Å². The van der Waals surface area contributed by atoms with Gasteiger partial charge in [-0.15, -0.1) is 23.2 Å². The molecule has 1 aliphatic heterocycles. The van der Waals surface area contributed by atoms with Crippen LogP contribution in [0.2, 0.25) is 0 Å². The maximum Gasteiger partial charge on any atom is 0.0475 e. The number of halogens is 2. The molecule has 1 heterocycles. The lowest BCUT2D eigenvalue weighted by Crippen LogP contribution is -2.37. The van der Waals surface area contributed by atoms with Crippen LogP contribution in [-0.2, 0) is 0 Å². The number of nitrogens with one attached hydrogen (secondary N) is 1. The summed E-state index contributed by atoms with van der Waals surface area (Å²) in [5, 5.41) is 3.60. The van der Waals surface area contributed by atoms with Gasteiger partial charge in [-0.2, -0.15) is 0 Å². The van der Waals surface area contributed by atoms with Gasteiger partial charge in [-0.3, -0.25) is 0 Å². The molecule has 0 aromatic carbocycles. The topological polar surface area (TPSA) is 12.0 Å². The van der Waals surface area contributed by atoms with Crippen LogP contribution in [0.5, 0.6) is 0 Å². The Bertz CT molecular complexity index is 68.8. The minimum absolute atomic E-state index is 0.242. The summed E-state index contributed by atoms with van der Waals surface area (Å²) >= 11 is 11.5. The fourth-order valence-electron chi connectivity index (χ4n) is 0.841. The van der Waals surface area contributed by atoms with E-state index in [-0.39, 0.29) is 10.8 Å². The first kappa shape index (κ1) is 6.66. The van der Waals surface area contributed by atoms with Crippen LogP contribution in [0.4, 0.5) is 0 Å². The SMILES string of the molecule is Cl[C@@H]1CNC[C@H](Cl)C1. The van der Waals surface area contributed by atoms with Gasteiger partial charge in [0.25, 0.3) is 0 Å². The van der Waals surface area contributed by atoms with E-state index in [9.17, 15) is 0 Å². The zero-order chi connectivity index (χ0) is 5.98. The van der Waals surface area contributed by atoms with Gasteiger partial charge in [0.05, 0.1) is 0 Å². The van der Waals surface area contributed by atoms with Crippen molar-refractivity contribution < 1.29 is 0 Å². The van der Waals surface area contributed by atoms with Crippen LogP contribution >= 0.6 is 23.2 Å². The van der Waals surface area contributed by atoms with E-state index in [4.69, 9.17) is 23.2 Å². The Morgan fingerprint density at radius 1 is 1.12 bits per heavy atom. The standard InChI is InChI=1S/C5H9Cl2N/c6-4-1-5(7)3-8-2-4/h4-5,8H,1-3H2/t4-,5+. The molecule has 1 saturated heterocycles. The molecule has 0 aliphatic carbocycles. The Morgan fingerprint density at radius 3 is 1.88 bits per heavy atom. The maximum atomic E-state index is 5.76. The normalized spacial score (nSPS) is 39.8. The maximum absolute atomic E-state index is 5.76. The van der Waals surface area contributed by atoms with E-state index in [0.29, 0.717) is 0 Å². The van der Waals surface area contributed by atoms with Crippen molar-refractivity contribution in [1.29, 1.82) is 0 Å². The summed E-state index contributed by atoms with van der Waals surface area (Å²) in [6, 6.07) is 0. The van der Waals surface area contributed by atoms with Crippen molar-refractivity contribution >= 4 is 23.2 Å². The molecule has 48 valence electrons. The molecule has 1 N–H and O–H groups in total. The first-order valence-corrected chi connectivity index (χ1v) is 3.65. The average molecular weight is 154 g/mol. The van der Waals surface area contributed by atoms with Crippen molar-refractivity contribution in [2.45, 2.75) is 17.2 Å². The van der Waals surface area contributed by atoms with Gasteiger partial charge in [0.2, 0.25) is 0 Å². The highest BCUT2D eigenvalue weighted by molar-refractivity contribution is 6.24. The van der Waals surface area contributed by atoms with E-state index in [1.54, 1.807) is 0 Å². The lowest BCUT2D eigenvalue weighted by molar-refractivity contribution is 0.533. The van der Waals surface area contributed by atoms with E-state index in [2.05, 4.69) is 5.32 Å². The van der Waals surface area contributed by atoms with Crippen LogP contribution in [-0.4, -0.2) is 23.8 Å². The third-order valence-electron chi connectivity index (χ3n) is 1.24. The summed E-state index contributed by atoms with van der Waals surface area (Å²) in [6.07, 6.45) is 0.941. The lowest BCUT2D eigenvalue weighted by Gasteiger charge is -2.21. The van der Waals surface area contributed by atoms with Crippen LogP contribution in [0.15, 0.2) is 0 Å². The van der Waals surface area contributed by atoms with E-state index in [0.717, 1.165) is 19.5 Å². The highest BCUT2D eigenvalue weighted by Gasteiger charge is 2.16. The fraction of sp³-hybridized carbons (Fsp3) is 1.00. The number of rotatable bonds is 0. The van der Waals surface area contributed by atoms with E-state index in [1.807, 2.05) is 0 Å². The molecule has 1 fully saturated rings. The summed E-state index contributed by atoms with van der Waals surface area (Å²) < 4.78 is 0. The smallest absolute Gasteiger partial charge is 0.0475 e. The molecule has 0 spiro atoms. The van der Waals surface area contributed by atoms with Gasteiger partial charge in [0, 0.05) is 23.8 Å². The van der Waals surface area contributed by atoms with E-state index in [1.165, 1.54) is 0 Å². The van der Waals surface area contributed by atoms with E-state index >= 15 is 0 Å². The van der Waals surface area contributed by atoms with Gasteiger partial charge < -0.3 is 5.32 Å². The average Bonchev–Trinajstić information content (AvgIpc) is 1.64. The van der Waals surface area contributed by atoms with Crippen molar-refractivity contribution in [3.05, 3.63) is 0 Å². The Kier molecular flexibility index (Phi) is 2.42. The van der Waals surface area contributed by atoms with Gasteiger partial charge in [0.1, 0.15) is 0 Å². The first-order valence-electron chi connectivity index (χ1n) is 2.78. The van der Waals surface area contributed by atoms with Crippen molar-refractivity contribution in [3.63, 3.8) is 0 Å². The Hall–Kier alpha value is 0.540. The van der Waals surface area contributed by atoms with Crippen LogP contribution in [0.3, 0.4) is 0 Å². The summed E-state index contributed by atoms with van der Waals surface area (Å²) in [5.74, 6) is 0. The number of alkyl halides is 2. The van der Waals surface area contributed by atoms with Crippen LogP contribution in [0.1, 0.15) is 6.42 Å². The highest BCUT2D eigenvalue weighted by Crippen LogP contribution is 2.13. The second-order valence-electron chi connectivity index (χ2n) is 2.09. The highest BCUT2D eigenvalue weighted by atomic mass is 35.5. The van der Waals surface area contributed by atoms with Crippen molar-refractivity contribution in [3.8, 4) is 0 Å². The minimum atomic E-state index is 0.242. The largest absolute Gasteiger partial charge is 0.314 e. The zero-order valence-electron chi connectivity index (χ0n) is 4.53. The Balaban J connectivity index is 2.23. The second kappa shape index (κ2) is 2.90. The summed E-state index contributed by atoms with van der Waals surface area (Å²) in [6.45, 7) is 1.82. The summed E-state index contributed by atoms with van der Waals surface area (Å²) in [4.78, 5) is 0. The summed E-state index contributed by atoms with van der Waals surface area (Å²) in [5.41, 5.74) is 0. The molecule has 3 heteroatoms. The predicted octanol–water partition coefficient (Wildman–Crippen LogP) is 1.19. The fourth-order valence-corrected chi connectivity index (χ4v) is 1.58. The third kappa shape index (κ3) is 1.81. The molecule has 1 aliphatic rings. The van der Waals surface area contributed by atoms with Crippen molar-refractivity contribution in [1.82, 2.24) is 5.32 Å². The molecule has 0 saturated carbocycles. The molecule has 0 amide bonds. The van der Waals surface area contributed by atoms with Gasteiger partial charge in [-0.05, 0) is 6.42 Å². The molecule has 8 heavy (non-hydrogen) atoms. The van der Waals surface area contributed by atoms with Crippen LogP contribution in [0, 0.1) is 0 Å². The van der Waals surface area contributed by atoms with Gasteiger partial charge in [-0.25, -0.2) is 0 Å². The van der Waals surface area contributed by atoms with Crippen LogP contribution < -0.4 is 5.32 Å². The molecule has 1 nitrogen and oxygen atoms in total. The first-order chi connectivity index (χ1) is 3.79. The molecule has 1 rings (SSSR count). The molecule has 2 atom stereocenters. The Morgan fingerprint density at radius 2 is 1.62 bits per heavy atom. The molecule has 0 bridgehead atoms. The van der Waals surface area contributed by atoms with Gasteiger partial charge in [-0.1, -0.05) is 0 Å². The van der Waals surface area contributed by atoms with Crippen LogP contribution in [0.25, 0.3) is 0 Å². The second-order valence-corrected chi connectivity index (χ2v) is 3.32. The number of piperidine rings is 1. The molecular weight excluding hydrogens is 145 g/mol. The van der Waals surface area contributed by atoms with Gasteiger partial charge >= 0.3 is 0 Å². The Labute approximate surface area is 59.3 Å². The quantitative estimate of drug-likeness (QED) is 0.517. The lowest BCUT2D eigenvalue weighted by atomic mass is 10.2. The molecule has 0 radical (unpaired) electrons. The number of hydrogen-bond acceptors (Lipinski definition) is 1. The zero-order valence-corrected chi connectivity index (χ0v) is 6.04. The molecule has 0 unspecified atom stereocenters. The van der Waals surface area contributed by atoms with Crippen molar-refractivity contribution in [2.75, 3.05) is 13.1 Å².